The molecule has 0 radical (unpaired) electrons. The molecular formula is C18H19N3O3. The number of hydrogen-bond donors (Lipinski definition) is 2. The average Bonchev–Trinajstić information content (AvgIpc) is 3.04. The lowest BCUT2D eigenvalue weighted by Gasteiger charge is -2.11. The second-order valence-corrected chi connectivity index (χ2v) is 5.63. The molecule has 1 saturated heterocycles. The van der Waals surface area contributed by atoms with Crippen LogP contribution in [-0.2, 0) is 16.0 Å². The van der Waals surface area contributed by atoms with Gasteiger partial charge in [0.1, 0.15) is 11.8 Å². The summed E-state index contributed by atoms with van der Waals surface area (Å²) in [4.78, 5) is 27.1. The van der Waals surface area contributed by atoms with E-state index >= 15 is 0 Å². The largest absolute Gasteiger partial charge is 0.493 e. The smallest absolute Gasteiger partial charge is 0.246 e. The van der Waals surface area contributed by atoms with Crippen LogP contribution in [0.25, 0.3) is 0 Å². The molecule has 0 aliphatic carbocycles. The minimum Gasteiger partial charge on any atom is -0.493 e. The second kappa shape index (κ2) is 7.59. The molecule has 0 saturated carbocycles. The molecule has 0 unspecified atom stereocenters. The molecule has 1 aromatic carbocycles. The highest BCUT2D eigenvalue weighted by atomic mass is 16.5. The number of pyridine rings is 1. The van der Waals surface area contributed by atoms with E-state index in [-0.39, 0.29) is 11.8 Å². The lowest BCUT2D eigenvalue weighted by molar-refractivity contribution is -0.122. The molecule has 1 aliphatic heterocycles. The first kappa shape index (κ1) is 16.0. The lowest BCUT2D eigenvalue weighted by Crippen LogP contribution is -2.37. The van der Waals surface area contributed by atoms with Crippen LogP contribution in [0.2, 0.25) is 0 Å². The maximum Gasteiger partial charge on any atom is 0.246 e. The third-order valence-electron chi connectivity index (χ3n) is 3.84. The third-order valence-corrected chi connectivity index (χ3v) is 3.84. The summed E-state index contributed by atoms with van der Waals surface area (Å²) >= 11 is 0. The van der Waals surface area contributed by atoms with Gasteiger partial charge in [-0.05, 0) is 48.4 Å². The Morgan fingerprint density at radius 1 is 1.21 bits per heavy atom. The summed E-state index contributed by atoms with van der Waals surface area (Å²) in [5.74, 6) is 0.483. The molecule has 1 fully saturated rings. The molecule has 0 bridgehead atoms. The van der Waals surface area contributed by atoms with Crippen LogP contribution in [0.3, 0.4) is 0 Å². The molecule has 124 valence electrons. The summed E-state index contributed by atoms with van der Waals surface area (Å²) in [6, 6.07) is 10.7. The quantitative estimate of drug-likeness (QED) is 0.850. The number of amides is 2. The van der Waals surface area contributed by atoms with Crippen LogP contribution in [0.4, 0.5) is 5.69 Å². The number of rotatable bonds is 6. The highest BCUT2D eigenvalue weighted by Gasteiger charge is 2.26. The maximum absolute atomic E-state index is 12.0. The van der Waals surface area contributed by atoms with Crippen molar-refractivity contribution < 1.29 is 14.3 Å². The van der Waals surface area contributed by atoms with Crippen LogP contribution in [0.1, 0.15) is 18.4 Å². The Morgan fingerprint density at radius 2 is 1.96 bits per heavy atom. The van der Waals surface area contributed by atoms with Gasteiger partial charge in [0.15, 0.2) is 0 Å². The molecule has 2 amide bonds. The van der Waals surface area contributed by atoms with Gasteiger partial charge >= 0.3 is 0 Å². The number of nitrogens with zero attached hydrogens (tertiary/aromatic N) is 1. The number of benzene rings is 1. The molecule has 6 heteroatoms. The van der Waals surface area contributed by atoms with Crippen LogP contribution >= 0.6 is 0 Å². The summed E-state index contributed by atoms with van der Waals surface area (Å²) in [5, 5.41) is 5.45. The predicted molar refractivity (Wildman–Crippen MR) is 89.7 cm³/mol. The zero-order valence-corrected chi connectivity index (χ0v) is 13.2. The summed E-state index contributed by atoms with van der Waals surface area (Å²) in [7, 11) is 0. The maximum atomic E-state index is 12.0. The number of nitrogens with one attached hydrogen (secondary N) is 2. The molecule has 2 heterocycles. The molecule has 1 aliphatic rings. The van der Waals surface area contributed by atoms with Gasteiger partial charge in [-0.15, -0.1) is 0 Å². The van der Waals surface area contributed by atoms with Gasteiger partial charge in [-0.2, -0.15) is 0 Å². The van der Waals surface area contributed by atoms with Gasteiger partial charge in [0.2, 0.25) is 11.8 Å². The number of carbonyl (C=O) groups is 2. The van der Waals surface area contributed by atoms with Crippen molar-refractivity contribution in [3.05, 3.63) is 54.4 Å². The van der Waals surface area contributed by atoms with Crippen molar-refractivity contribution >= 4 is 17.5 Å². The molecule has 3 rings (SSSR count). The Labute approximate surface area is 140 Å². The number of anilines is 1. The number of aromatic nitrogens is 1. The first-order valence-corrected chi connectivity index (χ1v) is 7.93. The molecular weight excluding hydrogens is 306 g/mol. The average molecular weight is 325 g/mol. The fourth-order valence-electron chi connectivity index (χ4n) is 2.51. The Balaban J connectivity index is 1.46. The standard InChI is InChI=1S/C18H19N3O3/c22-17-6-5-16(21-17)18(23)20-14-1-3-15(4-2-14)24-12-9-13-7-10-19-11-8-13/h1-4,7-8,10-11,16H,5-6,9,12H2,(H,20,23)(H,21,22)/t16-/m1/s1. The first-order valence-electron chi connectivity index (χ1n) is 7.93. The minimum absolute atomic E-state index is 0.0758. The molecule has 1 aromatic heterocycles. The van der Waals surface area contributed by atoms with Crippen LogP contribution in [-0.4, -0.2) is 29.4 Å². The highest BCUT2D eigenvalue weighted by molar-refractivity contribution is 5.98. The summed E-state index contributed by atoms with van der Waals surface area (Å²) < 4.78 is 5.69. The van der Waals surface area contributed by atoms with Crippen LogP contribution in [0.5, 0.6) is 5.75 Å². The van der Waals surface area contributed by atoms with Gasteiger partial charge in [-0.25, -0.2) is 0 Å². The Hall–Kier alpha value is -2.89. The van der Waals surface area contributed by atoms with Crippen LogP contribution in [0, 0.1) is 0 Å². The van der Waals surface area contributed by atoms with Gasteiger partial charge in [-0.1, -0.05) is 0 Å². The van der Waals surface area contributed by atoms with Gasteiger partial charge in [-0.3, -0.25) is 14.6 Å². The van der Waals surface area contributed by atoms with Crippen molar-refractivity contribution in [1.29, 1.82) is 0 Å². The molecule has 0 spiro atoms. The van der Waals surface area contributed by atoms with E-state index in [1.165, 1.54) is 5.56 Å². The zero-order valence-electron chi connectivity index (χ0n) is 13.2. The third kappa shape index (κ3) is 4.32. The van der Waals surface area contributed by atoms with E-state index in [4.69, 9.17) is 4.74 Å². The van der Waals surface area contributed by atoms with Crippen molar-refractivity contribution in [2.45, 2.75) is 25.3 Å². The first-order chi connectivity index (χ1) is 11.7. The van der Waals surface area contributed by atoms with Crippen molar-refractivity contribution in [1.82, 2.24) is 10.3 Å². The van der Waals surface area contributed by atoms with Gasteiger partial charge in [0, 0.05) is 30.9 Å². The van der Waals surface area contributed by atoms with Crippen LogP contribution < -0.4 is 15.4 Å². The van der Waals surface area contributed by atoms with E-state index < -0.39 is 6.04 Å². The van der Waals surface area contributed by atoms with Gasteiger partial charge in [0.25, 0.3) is 0 Å². The Morgan fingerprint density at radius 3 is 2.62 bits per heavy atom. The fourth-order valence-corrected chi connectivity index (χ4v) is 2.51. The monoisotopic (exact) mass is 325 g/mol. The Bertz CT molecular complexity index is 701. The summed E-state index contributed by atoms with van der Waals surface area (Å²) in [6.07, 6.45) is 5.28. The van der Waals surface area contributed by atoms with E-state index in [1.54, 1.807) is 24.5 Å². The minimum atomic E-state index is -0.436. The molecule has 24 heavy (non-hydrogen) atoms. The second-order valence-electron chi connectivity index (χ2n) is 5.63. The summed E-state index contributed by atoms with van der Waals surface area (Å²) in [5.41, 5.74) is 1.86. The molecule has 1 atom stereocenters. The predicted octanol–water partition coefficient (Wildman–Crippen LogP) is 1.92. The van der Waals surface area contributed by atoms with Gasteiger partial charge < -0.3 is 15.4 Å². The van der Waals surface area contributed by atoms with Crippen molar-refractivity contribution in [3.8, 4) is 5.75 Å². The van der Waals surface area contributed by atoms with E-state index in [0.717, 1.165) is 12.2 Å². The van der Waals surface area contributed by atoms with Crippen molar-refractivity contribution in [2.24, 2.45) is 0 Å². The Kier molecular flexibility index (Phi) is 5.05. The molecule has 2 N–H and O–H groups in total. The van der Waals surface area contributed by atoms with Crippen molar-refractivity contribution in [3.63, 3.8) is 0 Å². The van der Waals surface area contributed by atoms with E-state index in [0.29, 0.717) is 25.1 Å². The number of carbonyl (C=O) groups excluding carboxylic acids is 2. The zero-order chi connectivity index (χ0) is 16.8. The fraction of sp³-hybridized carbons (Fsp3) is 0.278. The van der Waals surface area contributed by atoms with E-state index in [9.17, 15) is 9.59 Å². The van der Waals surface area contributed by atoms with E-state index in [1.807, 2.05) is 24.3 Å². The number of ether oxygens (including phenoxy) is 1. The lowest BCUT2D eigenvalue weighted by atomic mass is 10.2. The highest BCUT2D eigenvalue weighted by Crippen LogP contribution is 2.17. The van der Waals surface area contributed by atoms with Crippen LogP contribution in [0.15, 0.2) is 48.8 Å². The molecule has 2 aromatic rings. The van der Waals surface area contributed by atoms with Crippen molar-refractivity contribution in [2.75, 3.05) is 11.9 Å². The SMILES string of the molecule is O=C1CC[C@H](C(=O)Nc2ccc(OCCc3ccncc3)cc2)N1. The topological polar surface area (TPSA) is 80.3 Å². The molecule has 6 nitrogen and oxygen atoms in total. The summed E-state index contributed by atoms with van der Waals surface area (Å²) in [6.45, 7) is 0.573. The normalized spacial score (nSPS) is 16.5. The van der Waals surface area contributed by atoms with Gasteiger partial charge in [0.05, 0.1) is 6.61 Å². The van der Waals surface area contributed by atoms with E-state index in [2.05, 4.69) is 15.6 Å². The number of hydrogen-bond acceptors (Lipinski definition) is 4.